The first-order valence-corrected chi connectivity index (χ1v) is 27.8. The predicted molar refractivity (Wildman–Crippen MR) is 314 cm³/mol. The minimum Gasteiger partial charge on any atom is -0.461 e. The summed E-state index contributed by atoms with van der Waals surface area (Å²) in [6.07, 6.45) is 0. The van der Waals surface area contributed by atoms with Crippen LogP contribution in [0.5, 0.6) is 34.5 Å². The lowest BCUT2D eigenvalue weighted by atomic mass is 9.90. The normalized spacial score (nSPS) is 11.5. The van der Waals surface area contributed by atoms with E-state index in [0.29, 0.717) is 5.56 Å². The molecule has 0 aliphatic heterocycles. The third-order valence-corrected chi connectivity index (χ3v) is 12.4. The molecule has 478 valence electrons. The lowest BCUT2D eigenvalue weighted by molar-refractivity contribution is -0.133. The fourth-order valence-electron chi connectivity index (χ4n) is 8.38. The molecule has 0 fully saturated rings. The maximum atomic E-state index is 14.2. The summed E-state index contributed by atoms with van der Waals surface area (Å²) in [5, 5.41) is 0. The van der Waals surface area contributed by atoms with Gasteiger partial charge in [0.15, 0.2) is 0 Å². The molecule has 0 aliphatic rings. The van der Waals surface area contributed by atoms with Gasteiger partial charge >= 0.3 is 65.7 Å². The van der Waals surface area contributed by atoms with Gasteiger partial charge in [-0.3, -0.25) is 28.8 Å². The van der Waals surface area contributed by atoms with E-state index < -0.39 is 136 Å². The number of carbonyl (C=O) groups is 11. The van der Waals surface area contributed by atoms with Gasteiger partial charge in [-0.2, -0.15) is 0 Å². The molecule has 25 heteroatoms. The molecule has 1 unspecified atom stereocenters. The monoisotopic (exact) mass is 1260 g/mol. The van der Waals surface area contributed by atoms with Crippen molar-refractivity contribution in [2.45, 2.75) is 48.1 Å². The van der Waals surface area contributed by atoms with Crippen molar-refractivity contribution in [2.75, 3.05) is 66.1 Å². The Morgan fingerprint density at radius 3 is 0.824 bits per heavy atom. The Morgan fingerprint density at radius 2 is 0.505 bits per heavy atom. The molecule has 91 heavy (non-hydrogen) atoms. The van der Waals surface area contributed by atoms with Crippen LogP contribution in [0.4, 0.5) is 0 Å². The maximum Gasteiger partial charge on any atom is 0.342 e. The van der Waals surface area contributed by atoms with Crippen LogP contribution in [0.1, 0.15) is 98.9 Å². The molecule has 0 bridgehead atoms. The van der Waals surface area contributed by atoms with Crippen LogP contribution in [0, 0.1) is 10.8 Å². The van der Waals surface area contributed by atoms with Gasteiger partial charge in [-0.15, -0.1) is 0 Å². The van der Waals surface area contributed by atoms with E-state index in [1.807, 2.05) is 0 Å². The summed E-state index contributed by atoms with van der Waals surface area (Å²) in [6.45, 7) is 0.277. The van der Waals surface area contributed by atoms with E-state index in [1.165, 1.54) is 128 Å². The van der Waals surface area contributed by atoms with Crippen molar-refractivity contribution in [3.05, 3.63) is 179 Å². The molecule has 6 aromatic carbocycles. The minimum absolute atomic E-state index is 0.0672. The Kier molecular flexibility index (Phi) is 26.1. The number of para-hydroxylation sites is 6. The molecule has 1 atom stereocenters. The van der Waals surface area contributed by atoms with Crippen LogP contribution >= 0.6 is 0 Å². The number of rotatable bonds is 32. The Labute approximate surface area is 521 Å². The highest BCUT2D eigenvalue weighted by atomic mass is 16.6. The van der Waals surface area contributed by atoms with Gasteiger partial charge in [0.25, 0.3) is 0 Å². The number of ether oxygens (including phenoxy) is 14. The molecule has 6 rings (SSSR count). The zero-order valence-electron chi connectivity index (χ0n) is 50.3. The molecule has 0 saturated carbocycles. The first kappa shape index (κ1) is 69.5. The molecule has 0 aromatic heterocycles. The second kappa shape index (κ2) is 34.2. The molecule has 0 radical (unpaired) electrons. The third-order valence-electron chi connectivity index (χ3n) is 12.4. The summed E-state index contributed by atoms with van der Waals surface area (Å²) >= 11 is 0. The number of esters is 11. The lowest BCUT2D eigenvalue weighted by Gasteiger charge is -2.36. The highest BCUT2D eigenvalue weighted by Gasteiger charge is 2.41. The van der Waals surface area contributed by atoms with Crippen molar-refractivity contribution >= 4 is 65.7 Å². The number of benzene rings is 6. The van der Waals surface area contributed by atoms with Gasteiger partial charge in [-0.1, -0.05) is 78.9 Å². The first-order valence-electron chi connectivity index (χ1n) is 27.8. The fourth-order valence-corrected chi connectivity index (χ4v) is 8.38. The van der Waals surface area contributed by atoms with Crippen LogP contribution in [0.2, 0.25) is 0 Å². The van der Waals surface area contributed by atoms with Crippen LogP contribution in [0.3, 0.4) is 0 Å². The molecule has 0 saturated heterocycles. The van der Waals surface area contributed by atoms with Crippen LogP contribution in [0.25, 0.3) is 0 Å². The molecule has 0 N–H and O–H groups in total. The molecule has 0 aliphatic carbocycles. The summed E-state index contributed by atoms with van der Waals surface area (Å²) < 4.78 is 80.2. The summed E-state index contributed by atoms with van der Waals surface area (Å²) in [4.78, 5) is 143. The SMILES string of the molecule is CC(=O)Oc1ccccc1COCC(COCCOC(=O)c1ccccc1OC(C)=O)(COCC(COC(=O)c1ccccc1OC(C)=O)(COC(=O)c1ccccc1OC(C)=O)COC(=O)c1ccccc1OC(C)=O)COC(=O)c1ccccc1OC(C)=O. The van der Waals surface area contributed by atoms with Crippen LogP contribution in [-0.4, -0.2) is 132 Å². The van der Waals surface area contributed by atoms with Crippen molar-refractivity contribution in [1.29, 1.82) is 0 Å². The van der Waals surface area contributed by atoms with E-state index in [0.717, 1.165) is 34.6 Å². The Morgan fingerprint density at radius 1 is 0.264 bits per heavy atom. The van der Waals surface area contributed by atoms with E-state index in [1.54, 1.807) is 24.3 Å². The Bertz CT molecular complexity index is 3430. The minimum atomic E-state index is -2.02. The Balaban J connectivity index is 1.44. The molecular weight excluding hydrogens is 1190 g/mol. The van der Waals surface area contributed by atoms with E-state index in [9.17, 15) is 52.7 Å². The Hall–Kier alpha value is -10.6. The predicted octanol–water partition coefficient (Wildman–Crippen LogP) is 8.05. The van der Waals surface area contributed by atoms with Crippen molar-refractivity contribution in [2.24, 2.45) is 10.8 Å². The van der Waals surface area contributed by atoms with Gasteiger partial charge in [-0.25, -0.2) is 24.0 Å². The summed E-state index contributed by atoms with van der Waals surface area (Å²) in [6, 6.07) is 34.7. The van der Waals surface area contributed by atoms with Gasteiger partial charge in [0.05, 0.1) is 50.5 Å². The highest BCUT2D eigenvalue weighted by Crippen LogP contribution is 2.32. The van der Waals surface area contributed by atoms with Crippen LogP contribution < -0.4 is 28.4 Å². The molecule has 0 spiro atoms. The van der Waals surface area contributed by atoms with Crippen molar-refractivity contribution in [1.82, 2.24) is 0 Å². The number of carbonyl (C=O) groups excluding carboxylic acids is 11. The van der Waals surface area contributed by atoms with Gasteiger partial charge in [0.1, 0.15) is 95.3 Å². The second-order valence-corrected chi connectivity index (χ2v) is 20.1. The molecule has 0 heterocycles. The first-order chi connectivity index (χ1) is 43.6. The van der Waals surface area contributed by atoms with Crippen LogP contribution in [0.15, 0.2) is 146 Å². The molecular formula is C66H64O25. The summed E-state index contributed by atoms with van der Waals surface area (Å²) in [7, 11) is 0. The number of hydrogen-bond donors (Lipinski definition) is 0. The van der Waals surface area contributed by atoms with Crippen LogP contribution in [-0.2, 0) is 73.3 Å². The van der Waals surface area contributed by atoms with Gasteiger partial charge < -0.3 is 66.3 Å². The van der Waals surface area contributed by atoms with Crippen molar-refractivity contribution in [3.8, 4) is 34.5 Å². The van der Waals surface area contributed by atoms with Gasteiger partial charge in [0.2, 0.25) is 0 Å². The maximum absolute atomic E-state index is 14.2. The lowest BCUT2D eigenvalue weighted by Crippen LogP contribution is -2.47. The summed E-state index contributed by atoms with van der Waals surface area (Å²) in [5.41, 5.74) is -4.34. The second-order valence-electron chi connectivity index (χ2n) is 20.1. The molecule has 25 nitrogen and oxygen atoms in total. The smallest absolute Gasteiger partial charge is 0.342 e. The molecule has 6 aromatic rings. The van der Waals surface area contributed by atoms with Crippen molar-refractivity contribution < 1.29 is 119 Å². The average molecular weight is 1260 g/mol. The van der Waals surface area contributed by atoms with E-state index >= 15 is 0 Å². The zero-order chi connectivity index (χ0) is 65.9. The third kappa shape index (κ3) is 21.9. The van der Waals surface area contributed by atoms with Crippen molar-refractivity contribution in [3.63, 3.8) is 0 Å². The highest BCUT2D eigenvalue weighted by molar-refractivity contribution is 5.96. The average Bonchev–Trinajstić information content (AvgIpc) is 2.03. The molecule has 0 amide bonds. The van der Waals surface area contributed by atoms with Gasteiger partial charge in [-0.05, 0) is 66.7 Å². The largest absolute Gasteiger partial charge is 0.461 e. The fraction of sp³-hybridized carbons (Fsp3) is 0.288. The standard InChI is InChI=1S/C66H64O25/c1-42(67)86-54-25-13-7-19-48(54)33-79-35-65(38-82-61(74)50-21-9-15-27-56(50)88-44(3)69,34-78-31-32-81-60(73)49-20-8-14-26-55(49)87-43(2)68)36-80-37-66(39-83-62(75)51-22-10-16-28-57(51)89-45(4)70,40-84-63(76)52-23-11-17-29-58(52)90-46(5)71)41-85-64(77)53-24-12-18-30-59(53)91-47(6)72/h7-30H,31-41H2,1-6H3. The quantitative estimate of drug-likeness (QED) is 0.0167. The van der Waals surface area contributed by atoms with E-state index in [2.05, 4.69) is 0 Å². The van der Waals surface area contributed by atoms with Gasteiger partial charge in [0, 0.05) is 47.1 Å². The van der Waals surface area contributed by atoms with E-state index in [4.69, 9.17) is 66.3 Å². The number of hydrogen-bond acceptors (Lipinski definition) is 25. The summed E-state index contributed by atoms with van der Waals surface area (Å²) in [5.74, 6) is -10.3. The topological polar surface area (TPSA) is 317 Å². The van der Waals surface area contributed by atoms with E-state index in [-0.39, 0.29) is 75.5 Å². The zero-order valence-corrected chi connectivity index (χ0v) is 50.3.